The van der Waals surface area contributed by atoms with Crippen molar-refractivity contribution in [2.24, 2.45) is 15.8 Å². The van der Waals surface area contributed by atoms with Gasteiger partial charge in [-0.3, -0.25) is 19.6 Å². The summed E-state index contributed by atoms with van der Waals surface area (Å²) in [5.74, 6) is -2.21. The van der Waals surface area contributed by atoms with Gasteiger partial charge in [-0.15, -0.1) is 12.8 Å². The van der Waals surface area contributed by atoms with Crippen molar-refractivity contribution in [1.29, 1.82) is 0 Å². The molecule has 1 amide bonds. The molecule has 1 aliphatic rings. The Labute approximate surface area is 197 Å². The number of carbonyl (C=O) groups is 2. The Morgan fingerprint density at radius 3 is 2.53 bits per heavy atom. The molecule has 3 rings (SSSR count). The molecule has 2 aromatic carbocycles. The summed E-state index contributed by atoms with van der Waals surface area (Å²) < 4.78 is 0. The summed E-state index contributed by atoms with van der Waals surface area (Å²) >= 11 is 0. The lowest BCUT2D eigenvalue weighted by atomic mass is 9.95. The number of aliphatic carboxylic acids is 1. The van der Waals surface area contributed by atoms with Gasteiger partial charge < -0.3 is 21.3 Å². The van der Waals surface area contributed by atoms with Crippen LogP contribution in [0.1, 0.15) is 23.6 Å². The number of rotatable bonds is 7. The Morgan fingerprint density at radius 2 is 1.91 bits per heavy atom. The number of carboxylic acid groups (broad SMARTS) is 1. The zero-order valence-corrected chi connectivity index (χ0v) is 18.5. The highest BCUT2D eigenvalue weighted by Gasteiger charge is 2.30. The molecule has 0 saturated heterocycles. The normalized spacial score (nSPS) is 13.4. The first kappa shape index (κ1) is 25.4. The number of hydrogen-bond donors (Lipinski definition) is 4. The van der Waals surface area contributed by atoms with Gasteiger partial charge in [0.05, 0.1) is 12.2 Å². The van der Waals surface area contributed by atoms with E-state index in [1.54, 1.807) is 25.3 Å². The molecule has 9 heteroatoms. The van der Waals surface area contributed by atoms with Gasteiger partial charge in [-0.2, -0.15) is 5.10 Å². The molecule has 0 radical (unpaired) electrons. The van der Waals surface area contributed by atoms with Crippen molar-refractivity contribution in [2.75, 3.05) is 6.54 Å². The average molecular weight is 460 g/mol. The van der Waals surface area contributed by atoms with E-state index in [9.17, 15) is 14.7 Å². The van der Waals surface area contributed by atoms with Gasteiger partial charge in [0.1, 0.15) is 6.54 Å². The van der Waals surface area contributed by atoms with Gasteiger partial charge in [-0.25, -0.2) is 0 Å². The van der Waals surface area contributed by atoms with Crippen LogP contribution in [0.4, 0.5) is 5.69 Å². The Morgan fingerprint density at radius 1 is 1.21 bits per heavy atom. The molecule has 9 nitrogen and oxygen atoms in total. The van der Waals surface area contributed by atoms with E-state index in [4.69, 9.17) is 10.8 Å². The molecule has 34 heavy (non-hydrogen) atoms. The van der Waals surface area contributed by atoms with E-state index in [2.05, 4.69) is 28.3 Å². The average Bonchev–Trinajstić information content (AvgIpc) is 2.85. The zero-order chi connectivity index (χ0) is 25.1. The fraction of sp³-hybridized carbons (Fsp3) is 0.120. The summed E-state index contributed by atoms with van der Waals surface area (Å²) in [6.45, 7) is 1.29. The number of nitrogens with two attached hydrogens (primary N) is 1. The lowest BCUT2D eigenvalue weighted by Gasteiger charge is -2.28. The second-order valence-electron chi connectivity index (χ2n) is 6.79. The van der Waals surface area contributed by atoms with Gasteiger partial charge in [0.2, 0.25) is 0 Å². The lowest BCUT2D eigenvalue weighted by Crippen LogP contribution is -2.37. The number of amides is 1. The highest BCUT2D eigenvalue weighted by atomic mass is 16.4. The summed E-state index contributed by atoms with van der Waals surface area (Å²) in [4.78, 5) is 27.7. The maximum Gasteiger partial charge on any atom is 0.322 e. The second kappa shape index (κ2) is 12.3. The van der Waals surface area contributed by atoms with Crippen LogP contribution in [-0.2, 0) is 16.1 Å². The van der Waals surface area contributed by atoms with E-state index in [-0.39, 0.29) is 18.0 Å². The molecule has 0 saturated carbocycles. The predicted octanol–water partition coefficient (Wildman–Crippen LogP) is 2.89. The summed E-state index contributed by atoms with van der Waals surface area (Å²) in [5.41, 5.74) is 9.10. The monoisotopic (exact) mass is 459 g/mol. The number of aliphatic imine (C=N–C) groups is 1. The van der Waals surface area contributed by atoms with E-state index < -0.39 is 18.4 Å². The van der Waals surface area contributed by atoms with Crippen molar-refractivity contribution in [3.05, 3.63) is 77.1 Å². The minimum Gasteiger partial charge on any atom is -0.505 e. The van der Waals surface area contributed by atoms with Crippen LogP contribution < -0.4 is 11.1 Å². The molecule has 0 aromatic heterocycles. The number of para-hydroxylation sites is 1. The first-order chi connectivity index (χ1) is 16.4. The van der Waals surface area contributed by atoms with Crippen LogP contribution in [-0.4, -0.2) is 46.1 Å². The minimum absolute atomic E-state index is 0.121. The second-order valence-corrected chi connectivity index (χ2v) is 6.79. The standard InChI is InChI=1S/C23H23N5O4.C2H2/c1-2-27-28-14-16-10-15(17(11-24)12-25-18-6-4-3-5-7-18)8-9-19(16)22(31)21(28)23(32)26-13-20(29)30;1-2/h2-12,31H,13-14,24H2,1H3,(H,26,32)(H,29,30);1-2H/b17-11+,25-12?,27-2-;. The molecule has 5 N–H and O–H groups in total. The summed E-state index contributed by atoms with van der Waals surface area (Å²) in [6.07, 6.45) is 12.6. The van der Waals surface area contributed by atoms with Crippen molar-refractivity contribution < 1.29 is 19.8 Å². The molecule has 174 valence electrons. The number of hydrogen-bond acceptors (Lipinski definition) is 7. The number of nitrogens with one attached hydrogen (secondary N) is 1. The maximum atomic E-state index is 12.5. The highest BCUT2D eigenvalue weighted by molar-refractivity contribution is 6.10. The van der Waals surface area contributed by atoms with Gasteiger partial charge in [0.25, 0.3) is 5.91 Å². The van der Waals surface area contributed by atoms with Crippen molar-refractivity contribution in [1.82, 2.24) is 10.3 Å². The first-order valence-corrected chi connectivity index (χ1v) is 10.1. The number of allylic oxidation sites excluding steroid dienone is 1. The molecule has 0 atom stereocenters. The number of terminal acetylenes is 1. The van der Waals surface area contributed by atoms with Gasteiger partial charge in [0, 0.05) is 29.8 Å². The van der Waals surface area contributed by atoms with E-state index in [1.807, 2.05) is 36.4 Å². The minimum atomic E-state index is -1.19. The predicted molar refractivity (Wildman–Crippen MR) is 133 cm³/mol. The van der Waals surface area contributed by atoms with Crippen LogP contribution in [0.15, 0.2) is 70.5 Å². The largest absolute Gasteiger partial charge is 0.505 e. The van der Waals surface area contributed by atoms with Crippen LogP contribution >= 0.6 is 0 Å². The number of aliphatic hydroxyl groups excluding tert-OH is 1. The summed E-state index contributed by atoms with van der Waals surface area (Å²) in [5, 5.41) is 27.3. The summed E-state index contributed by atoms with van der Waals surface area (Å²) in [6, 6.07) is 14.7. The first-order valence-electron chi connectivity index (χ1n) is 10.1. The fourth-order valence-electron chi connectivity index (χ4n) is 3.20. The number of aliphatic hydroxyl groups is 1. The fourth-order valence-corrected chi connectivity index (χ4v) is 3.20. The van der Waals surface area contributed by atoms with Crippen molar-refractivity contribution in [3.8, 4) is 12.8 Å². The smallest absolute Gasteiger partial charge is 0.322 e. The molecule has 0 fully saturated rings. The molecule has 0 bridgehead atoms. The third kappa shape index (κ3) is 6.11. The zero-order valence-electron chi connectivity index (χ0n) is 18.5. The quantitative estimate of drug-likeness (QED) is 0.371. The van der Waals surface area contributed by atoms with E-state index in [0.29, 0.717) is 16.7 Å². The van der Waals surface area contributed by atoms with E-state index in [1.165, 1.54) is 17.4 Å². The number of benzene rings is 2. The van der Waals surface area contributed by atoms with Crippen molar-refractivity contribution in [3.63, 3.8) is 0 Å². The number of carbonyl (C=O) groups excluding carboxylic acids is 1. The Bertz CT molecular complexity index is 1180. The van der Waals surface area contributed by atoms with Gasteiger partial charge in [-0.05, 0) is 36.2 Å². The molecule has 1 aliphatic heterocycles. The molecular weight excluding hydrogens is 434 g/mol. The van der Waals surface area contributed by atoms with Crippen LogP contribution in [0.2, 0.25) is 0 Å². The number of hydrazone groups is 1. The van der Waals surface area contributed by atoms with Gasteiger partial charge in [0.15, 0.2) is 11.5 Å². The Balaban J connectivity index is 0.00000199. The highest BCUT2D eigenvalue weighted by Crippen LogP contribution is 2.32. The number of fused-ring (bicyclic) bond motifs is 1. The van der Waals surface area contributed by atoms with Crippen LogP contribution in [0, 0.1) is 12.8 Å². The van der Waals surface area contributed by atoms with Crippen LogP contribution in [0.5, 0.6) is 0 Å². The Kier molecular flexibility index (Phi) is 9.17. The maximum absolute atomic E-state index is 12.5. The Hall–Kier alpha value is -4.84. The van der Waals surface area contributed by atoms with Crippen molar-refractivity contribution in [2.45, 2.75) is 13.5 Å². The van der Waals surface area contributed by atoms with Crippen LogP contribution in [0.25, 0.3) is 11.3 Å². The molecular formula is C25H25N5O4. The van der Waals surface area contributed by atoms with Gasteiger partial charge in [-0.1, -0.05) is 30.3 Å². The van der Waals surface area contributed by atoms with Crippen molar-refractivity contribution >= 4 is 41.3 Å². The number of carboxylic acids is 1. The third-order valence-corrected chi connectivity index (χ3v) is 4.65. The molecule has 1 heterocycles. The molecule has 0 unspecified atom stereocenters. The van der Waals surface area contributed by atoms with Crippen LogP contribution in [0.3, 0.4) is 0 Å². The molecule has 0 spiro atoms. The third-order valence-electron chi connectivity index (χ3n) is 4.65. The van der Waals surface area contributed by atoms with Gasteiger partial charge >= 0.3 is 5.97 Å². The molecule has 2 aromatic rings. The van der Waals surface area contributed by atoms with E-state index in [0.717, 1.165) is 11.3 Å². The van der Waals surface area contributed by atoms with E-state index >= 15 is 0 Å². The summed E-state index contributed by atoms with van der Waals surface area (Å²) in [7, 11) is 0. The number of nitrogens with zero attached hydrogens (tertiary/aromatic N) is 3. The molecule has 0 aliphatic carbocycles. The SMILES string of the molecule is C#C.C/C=N\N1Cc2cc(/C(C=Nc3ccccc3)=C/N)ccc2C(O)=C1C(=O)NCC(=O)O. The lowest BCUT2D eigenvalue weighted by molar-refractivity contribution is -0.137. The topological polar surface area (TPSA) is 141 Å².